The molecule has 0 unspecified atom stereocenters. The Kier molecular flexibility index (Phi) is 3.87. The lowest BCUT2D eigenvalue weighted by atomic mass is 10.1. The highest BCUT2D eigenvalue weighted by Crippen LogP contribution is 2.31. The van der Waals surface area contributed by atoms with Crippen molar-refractivity contribution in [1.82, 2.24) is 0 Å². The van der Waals surface area contributed by atoms with E-state index in [0.717, 1.165) is 0 Å². The van der Waals surface area contributed by atoms with Crippen LogP contribution in [0.5, 0.6) is 0 Å². The molecule has 0 atom stereocenters. The van der Waals surface area contributed by atoms with E-state index in [-0.39, 0.29) is 11.1 Å². The molecule has 1 aliphatic rings. The largest absolute Gasteiger partial charge is 0.477 e. The molecule has 0 aliphatic heterocycles. The van der Waals surface area contributed by atoms with E-state index in [9.17, 15) is 18.9 Å². The van der Waals surface area contributed by atoms with Gasteiger partial charge in [-0.15, -0.1) is 0 Å². The Balaban J connectivity index is 2.51. The van der Waals surface area contributed by atoms with Crippen LogP contribution in [0.15, 0.2) is 24.3 Å². The predicted octanol–water partition coefficient (Wildman–Crippen LogP) is -0.263. The quantitative estimate of drug-likeness (QED) is 0.302. The number of Topliss-reactive ketones (excluding diaryl/α,β-unsaturated/α-hetero) is 2. The summed E-state index contributed by atoms with van der Waals surface area (Å²) in [4.78, 5) is 53.1. The average Bonchev–Trinajstić information content (AvgIpc) is 2.59. The lowest BCUT2D eigenvalue weighted by Gasteiger charge is -2.06. The molecule has 0 fully saturated rings. The average molecular weight is 312 g/mol. The summed E-state index contributed by atoms with van der Waals surface area (Å²) in [5, 5.41) is 8.79. The van der Waals surface area contributed by atoms with Crippen LogP contribution < -0.4 is 0 Å². The minimum Gasteiger partial charge on any atom is -0.477 e. The molecule has 1 aromatic carbocycles. The molecule has 2 rings (SSSR count). The topological polar surface area (TPSA) is 132 Å². The van der Waals surface area contributed by atoms with Crippen LogP contribution in [-0.2, 0) is 9.36 Å². The number of ketones is 2. The lowest BCUT2D eigenvalue weighted by molar-refractivity contribution is -0.519. The molecule has 1 aliphatic carbocycles. The number of carbonyl (C=O) groups excluding carboxylic acids is 2. The van der Waals surface area contributed by atoms with E-state index < -0.39 is 37.7 Å². The summed E-state index contributed by atoms with van der Waals surface area (Å²) in [6.45, 7) is -0.874. The van der Waals surface area contributed by atoms with Gasteiger partial charge in [0.25, 0.3) is 12.0 Å². The van der Waals surface area contributed by atoms with Gasteiger partial charge >= 0.3 is 13.6 Å². The van der Waals surface area contributed by atoms with E-state index in [1.54, 1.807) is 12.1 Å². The Morgan fingerprint density at radius 3 is 2.05 bits per heavy atom. The number of carbonyl (C=O) groups is 3. The molecule has 0 heterocycles. The molecule has 0 amide bonds. The van der Waals surface area contributed by atoms with E-state index >= 15 is 0 Å². The molecule has 0 aromatic heterocycles. The molecule has 21 heavy (non-hydrogen) atoms. The highest BCUT2D eigenvalue weighted by molar-refractivity contribution is 7.67. The first-order valence-electron chi connectivity index (χ1n) is 5.77. The normalized spacial score (nSPS) is 16.2. The number of carboxylic acids is 1. The van der Waals surface area contributed by atoms with E-state index in [1.165, 1.54) is 12.1 Å². The van der Waals surface area contributed by atoms with Crippen molar-refractivity contribution in [2.75, 3.05) is 6.54 Å². The molecule has 0 saturated carbocycles. The summed E-state index contributed by atoms with van der Waals surface area (Å²) in [7, 11) is -4.75. The second-order valence-electron chi connectivity index (χ2n) is 4.45. The molecule has 8 nitrogen and oxygen atoms in total. The van der Waals surface area contributed by atoms with E-state index in [2.05, 4.69) is 0 Å². The molecule has 0 spiro atoms. The van der Waals surface area contributed by atoms with Gasteiger partial charge in [-0.3, -0.25) is 9.59 Å². The zero-order valence-corrected chi connectivity index (χ0v) is 11.4. The molecule has 1 aromatic rings. The molecule has 3 N–H and O–H groups in total. The van der Waals surface area contributed by atoms with Crippen molar-refractivity contribution < 1.29 is 38.4 Å². The first-order chi connectivity index (χ1) is 9.70. The number of hydrogen-bond acceptors (Lipinski definition) is 4. The summed E-state index contributed by atoms with van der Waals surface area (Å²) in [6, 6.07) is 4.34. The fourth-order valence-electron chi connectivity index (χ4n) is 2.18. The van der Waals surface area contributed by atoms with Gasteiger partial charge in [0.05, 0.1) is 0 Å². The molecule has 0 radical (unpaired) electrons. The Morgan fingerprint density at radius 2 is 1.67 bits per heavy atom. The Labute approximate surface area is 118 Å². The lowest BCUT2D eigenvalue weighted by Crippen LogP contribution is -2.39. The number of rotatable bonds is 4. The standard InChI is InChI=1S/C12H10NO7P/c14-9(15)5-13(6-21(18,19)20)10-11(16)7-3-1-2-4-8(7)12(10)17/h1-4,6,10H,5H2,(H2-,14,15,18,19,20)/p+1. The molecule has 9 heteroatoms. The van der Waals surface area contributed by atoms with Gasteiger partial charge in [0, 0.05) is 11.1 Å². The summed E-state index contributed by atoms with van der Waals surface area (Å²) in [5.41, 5.74) is 0.226. The number of benzene rings is 1. The summed E-state index contributed by atoms with van der Waals surface area (Å²) in [5.74, 6) is -2.47. The van der Waals surface area contributed by atoms with Crippen LogP contribution in [0.3, 0.4) is 0 Å². The third-order valence-corrected chi connectivity index (χ3v) is 3.50. The van der Waals surface area contributed by atoms with Crippen LogP contribution in [0.1, 0.15) is 20.7 Å². The van der Waals surface area contributed by atoms with Crippen molar-refractivity contribution in [3.63, 3.8) is 0 Å². The first-order valence-corrected chi connectivity index (χ1v) is 7.45. The predicted molar refractivity (Wildman–Crippen MR) is 69.8 cm³/mol. The van der Waals surface area contributed by atoms with Gasteiger partial charge in [0.1, 0.15) is 0 Å². The monoisotopic (exact) mass is 312 g/mol. The number of nitrogens with zero attached hydrogens (tertiary/aromatic N) is 1. The molecule has 0 bridgehead atoms. The maximum absolute atomic E-state index is 12.2. The second kappa shape index (κ2) is 5.33. The smallest absolute Gasteiger partial charge is 0.411 e. The van der Waals surface area contributed by atoms with Crippen molar-refractivity contribution in [2.45, 2.75) is 6.04 Å². The van der Waals surface area contributed by atoms with Gasteiger partial charge in [0.2, 0.25) is 18.1 Å². The maximum atomic E-state index is 12.2. The minimum atomic E-state index is -4.75. The molecule has 0 saturated heterocycles. The van der Waals surface area contributed by atoms with Gasteiger partial charge in [-0.05, 0) is 0 Å². The van der Waals surface area contributed by atoms with Crippen LogP contribution in [0.25, 0.3) is 0 Å². The Hall–Kier alpha value is -2.15. The summed E-state index contributed by atoms with van der Waals surface area (Å²) >= 11 is 0. The van der Waals surface area contributed by atoms with Crippen LogP contribution in [0.2, 0.25) is 0 Å². The SMILES string of the molecule is O=C(O)C[N+](=CP(=O)(O)O)C1C(=O)c2ccccc2C1=O. The van der Waals surface area contributed by atoms with Crippen molar-refractivity contribution in [3.05, 3.63) is 35.4 Å². The van der Waals surface area contributed by atoms with Crippen LogP contribution in [-0.4, -0.2) is 55.5 Å². The fraction of sp³-hybridized carbons (Fsp3) is 0.167. The summed E-state index contributed by atoms with van der Waals surface area (Å²) < 4.78 is 11.6. The highest BCUT2D eigenvalue weighted by atomic mass is 31.2. The second-order valence-corrected chi connectivity index (χ2v) is 5.86. The zero-order valence-electron chi connectivity index (χ0n) is 10.5. The van der Waals surface area contributed by atoms with Crippen molar-refractivity contribution in [1.29, 1.82) is 0 Å². The maximum Gasteiger partial charge on any atom is 0.411 e. The number of aliphatic carboxylic acids is 1. The number of hydrogen-bond donors (Lipinski definition) is 3. The van der Waals surface area contributed by atoms with Gasteiger partial charge in [-0.25, -0.2) is 13.9 Å². The van der Waals surface area contributed by atoms with Crippen molar-refractivity contribution >= 4 is 31.1 Å². The van der Waals surface area contributed by atoms with E-state index in [1.807, 2.05) is 0 Å². The van der Waals surface area contributed by atoms with Gasteiger partial charge in [-0.2, -0.15) is 0 Å². The third kappa shape index (κ3) is 3.13. The summed E-state index contributed by atoms with van der Waals surface area (Å²) in [6.07, 6.45) is 0. The molecule has 110 valence electrons. The number of carboxylic acid groups (broad SMARTS) is 1. The van der Waals surface area contributed by atoms with E-state index in [4.69, 9.17) is 14.9 Å². The number of fused-ring (bicyclic) bond motifs is 1. The van der Waals surface area contributed by atoms with Crippen molar-refractivity contribution in [2.24, 2.45) is 0 Å². The highest BCUT2D eigenvalue weighted by Gasteiger charge is 2.47. The Bertz CT molecular complexity index is 683. The first kappa shape index (κ1) is 15.2. The third-order valence-electron chi connectivity index (χ3n) is 2.90. The molecular formula is C12H11NO7P+. The minimum absolute atomic E-state index is 0.113. The zero-order chi connectivity index (χ0) is 15.8. The van der Waals surface area contributed by atoms with Crippen LogP contribution in [0, 0.1) is 0 Å². The van der Waals surface area contributed by atoms with E-state index in [0.29, 0.717) is 10.5 Å². The van der Waals surface area contributed by atoms with Crippen LogP contribution >= 0.6 is 7.60 Å². The Morgan fingerprint density at radius 1 is 1.19 bits per heavy atom. The van der Waals surface area contributed by atoms with Gasteiger partial charge in [-0.1, -0.05) is 24.3 Å². The van der Waals surface area contributed by atoms with Crippen molar-refractivity contribution in [3.8, 4) is 0 Å². The van der Waals surface area contributed by atoms with Gasteiger partial charge < -0.3 is 14.9 Å². The van der Waals surface area contributed by atoms with Crippen LogP contribution in [0.4, 0.5) is 0 Å². The molecular weight excluding hydrogens is 301 g/mol. The van der Waals surface area contributed by atoms with Gasteiger partial charge in [0.15, 0.2) is 0 Å². The fourth-order valence-corrected chi connectivity index (χ4v) is 2.78.